The van der Waals surface area contributed by atoms with Gasteiger partial charge in [-0.2, -0.15) is 0 Å². The Hall–Kier alpha value is -3.92. The maximum Gasteiger partial charge on any atom is 0.335 e. The average Bonchev–Trinajstić information content (AvgIpc) is 3.50. The van der Waals surface area contributed by atoms with Crippen molar-refractivity contribution in [2.75, 3.05) is 26.2 Å². The molecule has 0 bridgehead atoms. The second kappa shape index (κ2) is 14.1. The second-order valence-corrected chi connectivity index (χ2v) is 10.4. The smallest absolute Gasteiger partial charge is 0.335 e. The number of aliphatic hydroxyl groups is 2. The highest BCUT2D eigenvalue weighted by atomic mass is 16.5. The van der Waals surface area contributed by atoms with Crippen LogP contribution in [0.3, 0.4) is 0 Å². The number of nitrogens with zero attached hydrogens (tertiary/aromatic N) is 1. The summed E-state index contributed by atoms with van der Waals surface area (Å²) in [4.78, 5) is 22.0. The van der Waals surface area contributed by atoms with Crippen molar-refractivity contribution in [1.82, 2.24) is 4.90 Å². The number of aliphatic hydroxyl groups excluding tert-OH is 2. The van der Waals surface area contributed by atoms with E-state index in [9.17, 15) is 14.7 Å². The number of rotatable bonds is 9. The van der Waals surface area contributed by atoms with E-state index in [1.807, 2.05) is 12.1 Å². The molecular formula is C32H37NO8. The molecule has 2 unspecified atom stereocenters. The molecule has 0 spiro atoms. The van der Waals surface area contributed by atoms with Crippen LogP contribution in [0.2, 0.25) is 0 Å². The molecule has 3 aromatic rings. The van der Waals surface area contributed by atoms with Crippen LogP contribution in [0.15, 0.2) is 72.8 Å². The van der Waals surface area contributed by atoms with E-state index in [0.717, 1.165) is 31.7 Å². The SMILES string of the molecule is O=C(O)C(O)C(O)C(=O)O.Oc1ccc2c(c1)CC[C@H](c1ccccc1)[C@@H]2c1ccc(OCCN2CCCC2)cc1. The number of carbonyl (C=O) groups is 2. The maximum absolute atomic E-state index is 10.0. The molecule has 1 heterocycles. The molecule has 9 nitrogen and oxygen atoms in total. The number of aryl methyl sites for hydroxylation is 1. The number of phenols is 1. The minimum Gasteiger partial charge on any atom is -0.508 e. The zero-order chi connectivity index (χ0) is 29.4. The van der Waals surface area contributed by atoms with Gasteiger partial charge in [0.05, 0.1) is 0 Å². The standard InChI is InChI=1S/C28H31NO2.C4H6O6/c30-24-11-15-27-23(20-24)10-14-26(21-6-2-1-3-7-21)28(27)22-8-12-25(13-9-22)31-19-18-29-16-4-5-17-29;5-1(3(7)8)2(6)4(9)10/h1-3,6-9,11-13,15,20,26,28,30H,4-5,10,14,16-19H2;1-2,5-6H,(H,7,8)(H,9,10)/t26-,28+;/m1./s1. The quantitative estimate of drug-likeness (QED) is 0.263. The molecule has 41 heavy (non-hydrogen) atoms. The first-order valence-electron chi connectivity index (χ1n) is 13.9. The number of aromatic hydroxyl groups is 1. The number of ether oxygens (including phenoxy) is 1. The van der Waals surface area contributed by atoms with Crippen molar-refractivity contribution in [2.45, 2.75) is 49.7 Å². The Bertz CT molecular complexity index is 1270. The average molecular weight is 564 g/mol. The molecule has 1 aliphatic heterocycles. The molecule has 1 aliphatic carbocycles. The van der Waals surface area contributed by atoms with Gasteiger partial charge in [-0.15, -0.1) is 0 Å². The van der Waals surface area contributed by atoms with Gasteiger partial charge >= 0.3 is 11.9 Å². The summed E-state index contributed by atoms with van der Waals surface area (Å²) in [6.45, 7) is 4.18. The maximum atomic E-state index is 10.0. The van der Waals surface area contributed by atoms with E-state index in [2.05, 4.69) is 65.6 Å². The third-order valence-electron chi connectivity index (χ3n) is 7.74. The van der Waals surface area contributed by atoms with E-state index >= 15 is 0 Å². The first-order valence-corrected chi connectivity index (χ1v) is 13.9. The number of phenolic OH excluding ortho intramolecular Hbond substituents is 1. The molecule has 1 saturated heterocycles. The zero-order valence-corrected chi connectivity index (χ0v) is 22.8. The van der Waals surface area contributed by atoms with Gasteiger partial charge in [-0.05, 0) is 91.2 Å². The Kier molecular flexibility index (Phi) is 10.3. The molecule has 5 N–H and O–H groups in total. The van der Waals surface area contributed by atoms with Crippen LogP contribution in [0.5, 0.6) is 11.5 Å². The third kappa shape index (κ3) is 7.85. The topological polar surface area (TPSA) is 148 Å². The highest BCUT2D eigenvalue weighted by Gasteiger charge is 2.32. The zero-order valence-electron chi connectivity index (χ0n) is 22.8. The molecule has 4 atom stereocenters. The monoisotopic (exact) mass is 563 g/mol. The van der Waals surface area contributed by atoms with Crippen molar-refractivity contribution in [1.29, 1.82) is 0 Å². The fourth-order valence-corrected chi connectivity index (χ4v) is 5.62. The summed E-state index contributed by atoms with van der Waals surface area (Å²) in [5, 5.41) is 42.5. The molecule has 3 aromatic carbocycles. The summed E-state index contributed by atoms with van der Waals surface area (Å²) in [6.07, 6.45) is 0.182. The third-order valence-corrected chi connectivity index (χ3v) is 7.74. The van der Waals surface area contributed by atoms with Crippen LogP contribution in [-0.2, 0) is 16.0 Å². The largest absolute Gasteiger partial charge is 0.508 e. The van der Waals surface area contributed by atoms with Gasteiger partial charge in [0.1, 0.15) is 18.1 Å². The number of likely N-dealkylation sites (tertiary alicyclic amines) is 1. The fourth-order valence-electron chi connectivity index (χ4n) is 5.62. The summed E-state index contributed by atoms with van der Waals surface area (Å²) in [5.41, 5.74) is 5.30. The van der Waals surface area contributed by atoms with E-state index in [0.29, 0.717) is 11.7 Å². The summed E-state index contributed by atoms with van der Waals surface area (Å²) < 4.78 is 6.03. The highest BCUT2D eigenvalue weighted by Crippen LogP contribution is 2.47. The van der Waals surface area contributed by atoms with Gasteiger partial charge in [0.2, 0.25) is 0 Å². The van der Waals surface area contributed by atoms with Crippen molar-refractivity contribution in [2.24, 2.45) is 0 Å². The van der Waals surface area contributed by atoms with E-state index in [4.69, 9.17) is 25.2 Å². The van der Waals surface area contributed by atoms with Crippen molar-refractivity contribution < 1.29 is 39.9 Å². The van der Waals surface area contributed by atoms with Gasteiger partial charge in [0.25, 0.3) is 0 Å². The number of hydrogen-bond donors (Lipinski definition) is 5. The molecule has 5 rings (SSSR count). The Labute approximate surface area is 239 Å². The number of benzene rings is 3. The van der Waals surface area contributed by atoms with Crippen LogP contribution in [0, 0.1) is 0 Å². The minimum absolute atomic E-state index is 0.283. The molecule has 0 amide bonds. The lowest BCUT2D eigenvalue weighted by Gasteiger charge is -2.35. The van der Waals surface area contributed by atoms with Crippen molar-refractivity contribution in [3.05, 3.63) is 95.1 Å². The van der Waals surface area contributed by atoms with E-state index in [1.54, 1.807) is 0 Å². The number of carboxylic acids is 2. The molecule has 0 aromatic heterocycles. The number of hydrogen-bond acceptors (Lipinski definition) is 7. The lowest BCUT2D eigenvalue weighted by Crippen LogP contribution is -2.39. The number of carboxylic acid groups (broad SMARTS) is 2. The Morgan fingerprint density at radius 2 is 1.49 bits per heavy atom. The molecule has 9 heteroatoms. The normalized spacial score (nSPS) is 19.8. The van der Waals surface area contributed by atoms with Gasteiger partial charge in [0.15, 0.2) is 12.2 Å². The summed E-state index contributed by atoms with van der Waals surface area (Å²) >= 11 is 0. The Morgan fingerprint density at radius 3 is 2.10 bits per heavy atom. The molecule has 2 aliphatic rings. The molecule has 218 valence electrons. The van der Waals surface area contributed by atoms with E-state index in [1.165, 1.54) is 48.2 Å². The van der Waals surface area contributed by atoms with Gasteiger partial charge in [-0.25, -0.2) is 9.59 Å². The van der Waals surface area contributed by atoms with E-state index < -0.39 is 24.1 Å². The highest BCUT2D eigenvalue weighted by molar-refractivity contribution is 5.83. The van der Waals surface area contributed by atoms with Crippen LogP contribution < -0.4 is 4.74 Å². The lowest BCUT2D eigenvalue weighted by molar-refractivity contribution is -0.165. The van der Waals surface area contributed by atoms with Gasteiger partial charge < -0.3 is 30.3 Å². The van der Waals surface area contributed by atoms with Crippen LogP contribution in [0.1, 0.15) is 53.4 Å². The minimum atomic E-state index is -2.27. The summed E-state index contributed by atoms with van der Waals surface area (Å²) in [5.74, 6) is -1.52. The van der Waals surface area contributed by atoms with Crippen LogP contribution in [0.25, 0.3) is 0 Å². The second-order valence-electron chi connectivity index (χ2n) is 10.4. The van der Waals surface area contributed by atoms with Crippen LogP contribution >= 0.6 is 0 Å². The molecule has 0 radical (unpaired) electrons. The Morgan fingerprint density at radius 1 is 0.854 bits per heavy atom. The van der Waals surface area contributed by atoms with Crippen molar-refractivity contribution >= 4 is 11.9 Å². The predicted octanol–water partition coefficient (Wildman–Crippen LogP) is 3.61. The molecule has 0 saturated carbocycles. The number of fused-ring (bicyclic) bond motifs is 1. The van der Waals surface area contributed by atoms with Crippen molar-refractivity contribution in [3.63, 3.8) is 0 Å². The van der Waals surface area contributed by atoms with Gasteiger partial charge in [-0.1, -0.05) is 48.5 Å². The van der Waals surface area contributed by atoms with E-state index in [-0.39, 0.29) is 5.92 Å². The van der Waals surface area contributed by atoms with Crippen molar-refractivity contribution in [3.8, 4) is 11.5 Å². The van der Waals surface area contributed by atoms with Crippen LogP contribution in [0.4, 0.5) is 0 Å². The Balaban J connectivity index is 0.000000334. The first-order chi connectivity index (χ1) is 19.7. The summed E-state index contributed by atoms with van der Waals surface area (Å²) in [7, 11) is 0. The van der Waals surface area contributed by atoms with Crippen LogP contribution in [-0.4, -0.2) is 80.8 Å². The first kappa shape index (κ1) is 30.0. The molecular weight excluding hydrogens is 526 g/mol. The fraction of sp³-hybridized carbons (Fsp3) is 0.375. The van der Waals surface area contributed by atoms with Gasteiger partial charge in [-0.3, -0.25) is 4.90 Å². The predicted molar refractivity (Wildman–Crippen MR) is 152 cm³/mol. The number of aliphatic carboxylic acids is 2. The summed E-state index contributed by atoms with van der Waals surface area (Å²) in [6, 6.07) is 25.4. The molecule has 1 fully saturated rings. The lowest BCUT2D eigenvalue weighted by atomic mass is 9.69. The van der Waals surface area contributed by atoms with Gasteiger partial charge in [0, 0.05) is 12.5 Å².